The number of benzene rings is 1. The normalized spacial score (nSPS) is 19.0. The zero-order chi connectivity index (χ0) is 18.2. The van der Waals surface area contributed by atoms with E-state index in [4.69, 9.17) is 0 Å². The molecule has 1 aliphatic heterocycles. The zero-order valence-corrected chi connectivity index (χ0v) is 16.0. The van der Waals surface area contributed by atoms with Crippen molar-refractivity contribution in [3.8, 4) is 0 Å². The lowest BCUT2D eigenvalue weighted by molar-refractivity contribution is -0.127. The van der Waals surface area contributed by atoms with Crippen LogP contribution >= 0.6 is 0 Å². The maximum atomic E-state index is 11.9. The minimum absolute atomic E-state index is 0.0310. The first-order valence-electron chi connectivity index (χ1n) is 9.29. The molecule has 1 heterocycles. The van der Waals surface area contributed by atoms with Crippen LogP contribution in [-0.2, 0) is 11.2 Å². The van der Waals surface area contributed by atoms with Crippen molar-refractivity contribution in [3.05, 3.63) is 35.9 Å². The largest absolute Gasteiger partial charge is 0.354 e. The summed E-state index contributed by atoms with van der Waals surface area (Å²) in [4.78, 5) is 20.4. The molecule has 0 aliphatic carbocycles. The summed E-state index contributed by atoms with van der Waals surface area (Å²) in [6, 6.07) is 11.0. The molecule has 1 N–H and O–H groups in total. The number of rotatable bonds is 6. The third-order valence-electron chi connectivity index (χ3n) is 4.80. The van der Waals surface area contributed by atoms with Crippen molar-refractivity contribution in [2.24, 2.45) is 10.9 Å². The topological polar surface area (TPSA) is 47.9 Å². The Balaban J connectivity index is 1.99. The molecule has 5 nitrogen and oxygen atoms in total. The van der Waals surface area contributed by atoms with Gasteiger partial charge in [-0.05, 0) is 37.7 Å². The predicted octanol–water partition coefficient (Wildman–Crippen LogP) is 2.38. The van der Waals surface area contributed by atoms with Gasteiger partial charge in [0.05, 0.1) is 0 Å². The Kier molecular flexibility index (Phi) is 7.29. The smallest absolute Gasteiger partial charge is 0.243 e. The molecule has 1 aromatic rings. The minimum atomic E-state index is 0.0310. The molecule has 0 radical (unpaired) electrons. The number of nitrogens with one attached hydrogen (secondary N) is 1. The molecular weight excluding hydrogens is 312 g/mol. The highest BCUT2D eigenvalue weighted by atomic mass is 16.2. The molecule has 0 saturated carbocycles. The van der Waals surface area contributed by atoms with Gasteiger partial charge in [-0.1, -0.05) is 37.3 Å². The molecule has 2 unspecified atom stereocenters. The number of guanidine groups is 1. The van der Waals surface area contributed by atoms with Crippen LogP contribution in [0.25, 0.3) is 0 Å². The van der Waals surface area contributed by atoms with Gasteiger partial charge in [0.2, 0.25) is 5.91 Å². The van der Waals surface area contributed by atoms with Crippen LogP contribution < -0.4 is 5.32 Å². The van der Waals surface area contributed by atoms with E-state index in [-0.39, 0.29) is 12.5 Å². The van der Waals surface area contributed by atoms with Gasteiger partial charge in [-0.15, -0.1) is 0 Å². The third kappa shape index (κ3) is 6.07. The number of hydrogen-bond donors (Lipinski definition) is 1. The van der Waals surface area contributed by atoms with Gasteiger partial charge in [0.25, 0.3) is 0 Å². The minimum Gasteiger partial charge on any atom is -0.354 e. The van der Waals surface area contributed by atoms with Gasteiger partial charge in [0, 0.05) is 33.2 Å². The highest BCUT2D eigenvalue weighted by molar-refractivity contribution is 5.85. The fraction of sp³-hybridized carbons (Fsp3) is 0.600. The molecule has 0 bridgehead atoms. The Bertz CT molecular complexity index is 570. The quantitative estimate of drug-likeness (QED) is 0.637. The van der Waals surface area contributed by atoms with Gasteiger partial charge in [-0.2, -0.15) is 0 Å². The molecule has 2 rings (SSSR count). The lowest BCUT2D eigenvalue weighted by Crippen LogP contribution is -2.44. The van der Waals surface area contributed by atoms with Crippen LogP contribution in [0.4, 0.5) is 0 Å². The second-order valence-electron chi connectivity index (χ2n) is 7.17. The SMILES string of the molecule is CCC(C)NC(=NCC(=O)N(C)C)N1CCC(Cc2ccccc2)C1. The van der Waals surface area contributed by atoms with Crippen LogP contribution in [0.3, 0.4) is 0 Å². The fourth-order valence-corrected chi connectivity index (χ4v) is 2.98. The third-order valence-corrected chi connectivity index (χ3v) is 4.80. The highest BCUT2D eigenvalue weighted by Crippen LogP contribution is 2.21. The predicted molar refractivity (Wildman–Crippen MR) is 104 cm³/mol. The number of carbonyl (C=O) groups is 1. The number of hydrogen-bond acceptors (Lipinski definition) is 2. The van der Waals surface area contributed by atoms with Crippen LogP contribution in [0.2, 0.25) is 0 Å². The Labute approximate surface area is 152 Å². The first kappa shape index (κ1) is 19.3. The van der Waals surface area contributed by atoms with E-state index >= 15 is 0 Å². The first-order chi connectivity index (χ1) is 12.0. The molecule has 5 heteroatoms. The number of aliphatic imine (C=N–C) groups is 1. The van der Waals surface area contributed by atoms with Gasteiger partial charge >= 0.3 is 0 Å². The Hall–Kier alpha value is -2.04. The van der Waals surface area contributed by atoms with Gasteiger partial charge in [-0.25, -0.2) is 4.99 Å². The Morgan fingerprint density at radius 1 is 1.36 bits per heavy atom. The maximum absolute atomic E-state index is 11.9. The van der Waals surface area contributed by atoms with E-state index in [9.17, 15) is 4.79 Å². The first-order valence-corrected chi connectivity index (χ1v) is 9.29. The van der Waals surface area contributed by atoms with E-state index in [0.29, 0.717) is 12.0 Å². The number of carbonyl (C=O) groups excluding carboxylic acids is 1. The lowest BCUT2D eigenvalue weighted by atomic mass is 9.99. The number of likely N-dealkylation sites (tertiary alicyclic amines) is 1. The summed E-state index contributed by atoms with van der Waals surface area (Å²) in [7, 11) is 3.54. The summed E-state index contributed by atoms with van der Waals surface area (Å²) in [5.41, 5.74) is 1.39. The van der Waals surface area contributed by atoms with Crippen molar-refractivity contribution in [1.29, 1.82) is 0 Å². The summed E-state index contributed by atoms with van der Waals surface area (Å²) < 4.78 is 0. The summed E-state index contributed by atoms with van der Waals surface area (Å²) in [5.74, 6) is 1.54. The number of nitrogens with zero attached hydrogens (tertiary/aromatic N) is 3. The molecule has 1 saturated heterocycles. The van der Waals surface area contributed by atoms with Crippen molar-refractivity contribution >= 4 is 11.9 Å². The van der Waals surface area contributed by atoms with Crippen molar-refractivity contribution in [3.63, 3.8) is 0 Å². The van der Waals surface area contributed by atoms with E-state index < -0.39 is 0 Å². The summed E-state index contributed by atoms with van der Waals surface area (Å²) in [5, 5.41) is 3.49. The van der Waals surface area contributed by atoms with Crippen LogP contribution in [0.5, 0.6) is 0 Å². The Morgan fingerprint density at radius 2 is 2.08 bits per heavy atom. The Morgan fingerprint density at radius 3 is 2.72 bits per heavy atom. The van der Waals surface area contributed by atoms with Crippen molar-refractivity contribution in [2.75, 3.05) is 33.7 Å². The number of amides is 1. The van der Waals surface area contributed by atoms with Gasteiger partial charge in [0.1, 0.15) is 6.54 Å². The highest BCUT2D eigenvalue weighted by Gasteiger charge is 2.26. The number of likely N-dealkylation sites (N-methyl/N-ethyl adjacent to an activating group) is 1. The van der Waals surface area contributed by atoms with Gasteiger partial charge in [0.15, 0.2) is 5.96 Å². The monoisotopic (exact) mass is 344 g/mol. The van der Waals surface area contributed by atoms with Crippen molar-refractivity contribution < 1.29 is 4.79 Å². The molecule has 1 aromatic carbocycles. The van der Waals surface area contributed by atoms with Crippen LogP contribution in [-0.4, -0.2) is 61.4 Å². The zero-order valence-electron chi connectivity index (χ0n) is 16.0. The van der Waals surface area contributed by atoms with Gasteiger partial charge in [-0.3, -0.25) is 4.79 Å². The average molecular weight is 345 g/mol. The second kappa shape index (κ2) is 9.44. The van der Waals surface area contributed by atoms with E-state index in [1.807, 2.05) is 0 Å². The maximum Gasteiger partial charge on any atom is 0.243 e. The molecule has 1 aliphatic rings. The molecule has 0 aromatic heterocycles. The molecule has 1 fully saturated rings. The molecule has 2 atom stereocenters. The second-order valence-corrected chi connectivity index (χ2v) is 7.17. The molecule has 0 spiro atoms. The van der Waals surface area contributed by atoms with E-state index in [2.05, 4.69) is 59.4 Å². The van der Waals surface area contributed by atoms with Crippen LogP contribution in [0.15, 0.2) is 35.3 Å². The summed E-state index contributed by atoms with van der Waals surface area (Å²) in [6.07, 6.45) is 3.30. The molecular formula is C20H32N4O. The summed E-state index contributed by atoms with van der Waals surface area (Å²) in [6.45, 7) is 6.50. The molecule has 138 valence electrons. The fourth-order valence-electron chi connectivity index (χ4n) is 2.98. The van der Waals surface area contributed by atoms with E-state index in [1.54, 1.807) is 19.0 Å². The lowest BCUT2D eigenvalue weighted by Gasteiger charge is -2.25. The van der Waals surface area contributed by atoms with E-state index in [1.165, 1.54) is 5.56 Å². The van der Waals surface area contributed by atoms with Crippen LogP contribution in [0.1, 0.15) is 32.3 Å². The van der Waals surface area contributed by atoms with E-state index in [0.717, 1.165) is 38.3 Å². The standard InChI is InChI=1S/C20H32N4O/c1-5-16(2)22-20(21-14-19(25)23(3)4)24-12-11-18(15-24)13-17-9-7-6-8-10-17/h6-10,16,18H,5,11-15H2,1-4H3,(H,21,22). The van der Waals surface area contributed by atoms with Crippen molar-refractivity contribution in [1.82, 2.24) is 15.1 Å². The van der Waals surface area contributed by atoms with Gasteiger partial charge < -0.3 is 15.1 Å². The molecule has 1 amide bonds. The summed E-state index contributed by atoms with van der Waals surface area (Å²) >= 11 is 0. The molecule has 25 heavy (non-hydrogen) atoms. The van der Waals surface area contributed by atoms with Crippen LogP contribution in [0, 0.1) is 5.92 Å². The average Bonchev–Trinajstić information content (AvgIpc) is 3.07. The van der Waals surface area contributed by atoms with Crippen molar-refractivity contribution in [2.45, 2.75) is 39.2 Å².